The molecule has 2 N–H and O–H groups in total. The molecule has 21 heavy (non-hydrogen) atoms. The van der Waals surface area contributed by atoms with Gasteiger partial charge in [0.1, 0.15) is 0 Å². The van der Waals surface area contributed by atoms with Crippen molar-refractivity contribution in [1.82, 2.24) is 30.5 Å². The molecule has 0 saturated carbocycles. The fourth-order valence-corrected chi connectivity index (χ4v) is 2.28. The number of fused-ring (bicyclic) bond motifs is 1. The fraction of sp³-hybridized carbons (Fsp3) is 0.286. The molecular weight excluding hydrogens is 268 g/mol. The van der Waals surface area contributed by atoms with E-state index in [0.29, 0.717) is 12.4 Å². The van der Waals surface area contributed by atoms with Crippen LogP contribution >= 0.6 is 0 Å². The van der Waals surface area contributed by atoms with Gasteiger partial charge in [-0.1, -0.05) is 18.2 Å². The highest BCUT2D eigenvalue weighted by molar-refractivity contribution is 5.83. The molecule has 2 aromatic heterocycles. The van der Waals surface area contributed by atoms with Crippen LogP contribution < -0.4 is 5.32 Å². The van der Waals surface area contributed by atoms with Crippen molar-refractivity contribution in [3.05, 3.63) is 41.9 Å². The van der Waals surface area contributed by atoms with Crippen LogP contribution in [0, 0.1) is 0 Å². The SMILES string of the molecule is Cn1nnnc1CC(=O)NCCc1c[nH]c2ccccc12. The second kappa shape index (κ2) is 5.74. The lowest BCUT2D eigenvalue weighted by Gasteiger charge is -2.04. The van der Waals surface area contributed by atoms with Gasteiger partial charge < -0.3 is 10.3 Å². The lowest BCUT2D eigenvalue weighted by molar-refractivity contribution is -0.120. The average Bonchev–Trinajstić information content (AvgIpc) is 3.07. The standard InChI is InChI=1S/C14H16N6O/c1-20-13(17-18-19-20)8-14(21)15-7-6-10-9-16-12-5-3-2-4-11(10)12/h2-5,9,16H,6-8H2,1H3,(H,15,21). The zero-order valence-corrected chi connectivity index (χ0v) is 11.7. The molecule has 0 aliphatic carbocycles. The van der Waals surface area contributed by atoms with Gasteiger partial charge in [0, 0.05) is 30.7 Å². The van der Waals surface area contributed by atoms with Gasteiger partial charge in [-0.25, -0.2) is 4.68 Å². The highest BCUT2D eigenvalue weighted by Gasteiger charge is 2.09. The lowest BCUT2D eigenvalue weighted by Crippen LogP contribution is -2.28. The molecule has 0 fully saturated rings. The van der Waals surface area contributed by atoms with Crippen molar-refractivity contribution >= 4 is 16.8 Å². The topological polar surface area (TPSA) is 88.5 Å². The summed E-state index contributed by atoms with van der Waals surface area (Å²) in [5.41, 5.74) is 2.32. The number of nitrogens with zero attached hydrogens (tertiary/aromatic N) is 4. The monoisotopic (exact) mass is 284 g/mol. The largest absolute Gasteiger partial charge is 0.361 e. The van der Waals surface area contributed by atoms with E-state index in [-0.39, 0.29) is 12.3 Å². The summed E-state index contributed by atoms with van der Waals surface area (Å²) >= 11 is 0. The summed E-state index contributed by atoms with van der Waals surface area (Å²) in [6.07, 6.45) is 2.97. The molecule has 3 aromatic rings. The molecule has 0 aliphatic heterocycles. The summed E-state index contributed by atoms with van der Waals surface area (Å²) in [7, 11) is 1.72. The Morgan fingerprint density at radius 2 is 2.24 bits per heavy atom. The Kier molecular flexibility index (Phi) is 3.63. The van der Waals surface area contributed by atoms with Crippen molar-refractivity contribution in [1.29, 1.82) is 0 Å². The third kappa shape index (κ3) is 2.91. The summed E-state index contributed by atoms with van der Waals surface area (Å²) in [5, 5.41) is 15.1. The molecule has 108 valence electrons. The van der Waals surface area contributed by atoms with E-state index >= 15 is 0 Å². The van der Waals surface area contributed by atoms with Gasteiger partial charge >= 0.3 is 0 Å². The highest BCUT2D eigenvalue weighted by Crippen LogP contribution is 2.17. The Morgan fingerprint density at radius 1 is 1.38 bits per heavy atom. The maximum atomic E-state index is 11.8. The van der Waals surface area contributed by atoms with Crippen LogP contribution in [0.15, 0.2) is 30.5 Å². The number of carbonyl (C=O) groups excluding carboxylic acids is 1. The number of amides is 1. The number of H-pyrrole nitrogens is 1. The molecule has 0 saturated heterocycles. The summed E-state index contributed by atoms with van der Waals surface area (Å²) < 4.78 is 1.50. The number of aromatic amines is 1. The van der Waals surface area contributed by atoms with Crippen LogP contribution in [0.25, 0.3) is 10.9 Å². The molecule has 0 aliphatic rings. The van der Waals surface area contributed by atoms with Crippen LogP contribution in [0.1, 0.15) is 11.4 Å². The van der Waals surface area contributed by atoms with Crippen molar-refractivity contribution in [2.24, 2.45) is 7.05 Å². The van der Waals surface area contributed by atoms with Gasteiger partial charge in [0.25, 0.3) is 0 Å². The zero-order chi connectivity index (χ0) is 14.7. The third-order valence-corrected chi connectivity index (χ3v) is 3.42. The molecular formula is C14H16N6O. The van der Waals surface area contributed by atoms with Gasteiger partial charge in [-0.05, 0) is 28.5 Å². The number of hydrogen-bond acceptors (Lipinski definition) is 4. The van der Waals surface area contributed by atoms with Gasteiger partial charge in [-0.2, -0.15) is 0 Å². The lowest BCUT2D eigenvalue weighted by atomic mass is 10.1. The van der Waals surface area contributed by atoms with E-state index in [2.05, 4.69) is 31.9 Å². The van der Waals surface area contributed by atoms with Crippen LogP contribution in [-0.2, 0) is 24.7 Å². The average molecular weight is 284 g/mol. The van der Waals surface area contributed by atoms with Gasteiger partial charge in [-0.15, -0.1) is 5.10 Å². The summed E-state index contributed by atoms with van der Waals surface area (Å²) in [6, 6.07) is 8.13. The van der Waals surface area contributed by atoms with E-state index in [1.54, 1.807) is 7.05 Å². The van der Waals surface area contributed by atoms with Crippen LogP contribution in [-0.4, -0.2) is 37.6 Å². The maximum absolute atomic E-state index is 11.8. The minimum atomic E-state index is -0.0762. The number of nitrogens with one attached hydrogen (secondary N) is 2. The van der Waals surface area contributed by atoms with Crippen molar-refractivity contribution < 1.29 is 4.79 Å². The van der Waals surface area contributed by atoms with Crippen molar-refractivity contribution in [3.8, 4) is 0 Å². The second-order valence-electron chi connectivity index (χ2n) is 4.85. The van der Waals surface area contributed by atoms with Crippen LogP contribution in [0.2, 0.25) is 0 Å². The van der Waals surface area contributed by atoms with Crippen LogP contribution in [0.4, 0.5) is 0 Å². The molecule has 2 heterocycles. The van der Waals surface area contributed by atoms with E-state index < -0.39 is 0 Å². The molecule has 7 nitrogen and oxygen atoms in total. The first kappa shape index (κ1) is 13.3. The first-order valence-electron chi connectivity index (χ1n) is 6.77. The first-order valence-corrected chi connectivity index (χ1v) is 6.77. The summed E-state index contributed by atoms with van der Waals surface area (Å²) in [5.74, 6) is 0.479. The molecule has 3 rings (SSSR count). The quantitative estimate of drug-likeness (QED) is 0.718. The summed E-state index contributed by atoms with van der Waals surface area (Å²) in [6.45, 7) is 0.589. The number of tetrazole rings is 1. The Balaban J connectivity index is 1.54. The molecule has 1 aromatic carbocycles. The number of carbonyl (C=O) groups is 1. The molecule has 0 unspecified atom stereocenters. The molecule has 0 spiro atoms. The minimum Gasteiger partial charge on any atom is -0.361 e. The van der Waals surface area contributed by atoms with Gasteiger partial charge in [0.15, 0.2) is 5.82 Å². The van der Waals surface area contributed by atoms with Gasteiger partial charge in [0.05, 0.1) is 6.42 Å². The fourth-order valence-electron chi connectivity index (χ4n) is 2.28. The third-order valence-electron chi connectivity index (χ3n) is 3.42. The molecule has 0 bridgehead atoms. The Labute approximate surface area is 121 Å². The normalized spacial score (nSPS) is 10.9. The van der Waals surface area contributed by atoms with E-state index in [1.807, 2.05) is 24.4 Å². The van der Waals surface area contributed by atoms with Crippen molar-refractivity contribution in [2.75, 3.05) is 6.54 Å². The molecule has 0 radical (unpaired) electrons. The zero-order valence-electron chi connectivity index (χ0n) is 11.7. The number of para-hydroxylation sites is 1. The van der Waals surface area contributed by atoms with E-state index in [0.717, 1.165) is 11.9 Å². The van der Waals surface area contributed by atoms with E-state index in [4.69, 9.17) is 0 Å². The number of aromatic nitrogens is 5. The number of benzene rings is 1. The number of hydrogen-bond donors (Lipinski definition) is 2. The maximum Gasteiger partial charge on any atom is 0.227 e. The number of aryl methyl sites for hydroxylation is 1. The predicted octanol–water partition coefficient (Wildman–Crippen LogP) is 0.593. The van der Waals surface area contributed by atoms with Crippen molar-refractivity contribution in [2.45, 2.75) is 12.8 Å². The predicted molar refractivity (Wildman–Crippen MR) is 77.5 cm³/mol. The minimum absolute atomic E-state index is 0.0762. The Morgan fingerprint density at radius 3 is 3.05 bits per heavy atom. The first-order chi connectivity index (χ1) is 10.2. The van der Waals surface area contributed by atoms with E-state index in [9.17, 15) is 4.79 Å². The smallest absolute Gasteiger partial charge is 0.227 e. The van der Waals surface area contributed by atoms with Gasteiger partial charge in [0.2, 0.25) is 5.91 Å². The highest BCUT2D eigenvalue weighted by atomic mass is 16.1. The van der Waals surface area contributed by atoms with Gasteiger partial charge in [-0.3, -0.25) is 4.79 Å². The van der Waals surface area contributed by atoms with E-state index in [1.165, 1.54) is 15.6 Å². The number of rotatable bonds is 5. The van der Waals surface area contributed by atoms with Crippen LogP contribution in [0.3, 0.4) is 0 Å². The Hall–Kier alpha value is -2.70. The molecule has 1 amide bonds. The summed E-state index contributed by atoms with van der Waals surface area (Å²) in [4.78, 5) is 15.1. The molecule has 0 atom stereocenters. The van der Waals surface area contributed by atoms with Crippen molar-refractivity contribution in [3.63, 3.8) is 0 Å². The second-order valence-corrected chi connectivity index (χ2v) is 4.85. The van der Waals surface area contributed by atoms with Crippen LogP contribution in [0.5, 0.6) is 0 Å². The molecule has 7 heteroatoms. The Bertz CT molecular complexity index is 760.